The zero-order chi connectivity index (χ0) is 13.1. The van der Waals surface area contributed by atoms with Gasteiger partial charge >= 0.3 is 6.18 Å². The maximum Gasteiger partial charge on any atom is 0.407 e. The van der Waals surface area contributed by atoms with Crippen molar-refractivity contribution in [2.45, 2.75) is 12.6 Å². The van der Waals surface area contributed by atoms with Crippen molar-refractivity contribution in [3.8, 4) is 0 Å². The van der Waals surface area contributed by atoms with Gasteiger partial charge < -0.3 is 0 Å². The zero-order valence-corrected chi connectivity index (χ0v) is 10.7. The fourth-order valence-corrected chi connectivity index (χ4v) is 1.63. The number of alkyl halides is 3. The summed E-state index contributed by atoms with van der Waals surface area (Å²) in [6, 6.07) is 3.70. The number of halogens is 3. The van der Waals surface area contributed by atoms with Crippen LogP contribution in [0.15, 0.2) is 18.2 Å². The second kappa shape index (κ2) is 5.57. The Labute approximate surface area is 105 Å². The van der Waals surface area contributed by atoms with Crippen molar-refractivity contribution in [2.75, 3.05) is 6.16 Å². The van der Waals surface area contributed by atoms with Crippen LogP contribution in [-0.2, 0) is 12.6 Å². The van der Waals surface area contributed by atoms with Crippen LogP contribution in [0.2, 0.25) is 0 Å². The molecule has 1 aromatic carbocycles. The summed E-state index contributed by atoms with van der Waals surface area (Å²) >= 11 is 4.97. The highest BCUT2D eigenvalue weighted by atomic mass is 32.1. The molecule has 0 radical (unpaired) electrons. The molecule has 17 heavy (non-hydrogen) atoms. The molecule has 0 heterocycles. The fourth-order valence-electron chi connectivity index (χ4n) is 1.32. The van der Waals surface area contributed by atoms with Crippen molar-refractivity contribution >= 4 is 32.0 Å². The second-order valence-corrected chi connectivity index (χ2v) is 4.37. The Morgan fingerprint density at radius 1 is 1.41 bits per heavy atom. The average Bonchev–Trinajstić information content (AvgIpc) is 2.27. The third-order valence-electron chi connectivity index (χ3n) is 2.12. The van der Waals surface area contributed by atoms with Gasteiger partial charge in [-0.3, -0.25) is 0 Å². The number of benzene rings is 1. The van der Waals surface area contributed by atoms with Gasteiger partial charge in [-0.1, -0.05) is 30.4 Å². The average molecular weight is 275 g/mol. The first-order valence-electron chi connectivity index (χ1n) is 4.68. The number of nitrogens with zero attached hydrogens (tertiary/aromatic N) is 1. The molecule has 1 rings (SSSR count). The van der Waals surface area contributed by atoms with Gasteiger partial charge in [0.05, 0.1) is 12.1 Å². The Morgan fingerprint density at radius 2 is 2.06 bits per heavy atom. The fraction of sp³-hybridized carbons (Fsp3) is 0.273. The Kier molecular flexibility index (Phi) is 4.62. The molecule has 0 saturated heterocycles. The van der Waals surface area contributed by atoms with Crippen LogP contribution in [0.5, 0.6) is 0 Å². The molecule has 0 spiro atoms. The van der Waals surface area contributed by atoms with Gasteiger partial charge in [-0.15, -0.1) is 9.24 Å². The highest BCUT2D eigenvalue weighted by molar-refractivity contribution is 7.80. The first kappa shape index (κ1) is 14.1. The van der Waals surface area contributed by atoms with E-state index < -0.39 is 11.7 Å². The van der Waals surface area contributed by atoms with Crippen LogP contribution in [0.3, 0.4) is 0 Å². The van der Waals surface area contributed by atoms with E-state index in [9.17, 15) is 13.2 Å². The molecule has 0 fully saturated rings. The predicted molar refractivity (Wildman–Crippen MR) is 68.6 cm³/mol. The van der Waals surface area contributed by atoms with Crippen LogP contribution >= 0.6 is 21.5 Å². The van der Waals surface area contributed by atoms with Gasteiger partial charge in [0.15, 0.2) is 5.69 Å². The predicted octanol–water partition coefficient (Wildman–Crippen LogP) is 4.04. The van der Waals surface area contributed by atoms with Gasteiger partial charge in [0, 0.05) is 11.3 Å². The van der Waals surface area contributed by atoms with Gasteiger partial charge in [0.25, 0.3) is 0 Å². The molecule has 0 aliphatic rings. The zero-order valence-electron chi connectivity index (χ0n) is 8.71. The summed E-state index contributed by atoms with van der Waals surface area (Å²) in [7, 11) is 2.43. The lowest BCUT2D eigenvalue weighted by Crippen LogP contribution is -2.07. The first-order chi connectivity index (χ1) is 7.88. The van der Waals surface area contributed by atoms with Crippen molar-refractivity contribution < 1.29 is 13.2 Å². The second-order valence-electron chi connectivity index (χ2n) is 3.38. The van der Waals surface area contributed by atoms with E-state index in [1.54, 1.807) is 0 Å². The van der Waals surface area contributed by atoms with E-state index in [-0.39, 0.29) is 5.69 Å². The lowest BCUT2D eigenvalue weighted by atomic mass is 10.0. The third kappa shape index (κ3) is 3.76. The molecule has 90 valence electrons. The SMILES string of the molecule is [C-]#[N+]c1ccc(CC(=S)CP)cc1C(F)(F)F. The van der Waals surface area contributed by atoms with E-state index in [0.29, 0.717) is 23.0 Å². The third-order valence-corrected chi connectivity index (χ3v) is 3.22. The summed E-state index contributed by atoms with van der Waals surface area (Å²) in [6.07, 6.45) is -3.61. The van der Waals surface area contributed by atoms with Crippen LogP contribution in [0.1, 0.15) is 11.1 Å². The molecule has 1 aromatic rings. The monoisotopic (exact) mass is 275 g/mol. The summed E-state index contributed by atoms with van der Waals surface area (Å²) in [5, 5.41) is 0. The molecule has 0 saturated carbocycles. The number of hydrogen-bond donors (Lipinski definition) is 0. The molecule has 1 nitrogen and oxygen atoms in total. The number of thiocarbonyl (C=S) groups is 1. The molecular weight excluding hydrogens is 266 g/mol. The van der Waals surface area contributed by atoms with E-state index in [2.05, 4.69) is 14.1 Å². The molecule has 0 N–H and O–H groups in total. The minimum atomic E-state index is -4.50. The van der Waals surface area contributed by atoms with E-state index in [1.807, 2.05) is 0 Å². The standard InChI is InChI=1S/C11H9F3NPS/c1-15-10-3-2-7(4-8(17)6-16)5-9(10)11(12,13)14/h2-3,5H,4,6,16H2. The van der Waals surface area contributed by atoms with Crippen molar-refractivity contribution in [1.29, 1.82) is 0 Å². The van der Waals surface area contributed by atoms with Crippen molar-refractivity contribution in [3.63, 3.8) is 0 Å². The molecule has 0 amide bonds. The Balaban J connectivity index is 3.15. The number of rotatable bonds is 3. The topological polar surface area (TPSA) is 4.36 Å². The van der Waals surface area contributed by atoms with Crippen LogP contribution in [0, 0.1) is 6.57 Å². The molecule has 0 aliphatic carbocycles. The summed E-state index contributed by atoms with van der Waals surface area (Å²) in [5.74, 6) is 0. The van der Waals surface area contributed by atoms with E-state index in [4.69, 9.17) is 18.8 Å². The normalized spacial score (nSPS) is 11.0. The Hall–Kier alpha value is -0.980. The van der Waals surface area contributed by atoms with Crippen LogP contribution in [0.4, 0.5) is 18.9 Å². The van der Waals surface area contributed by atoms with E-state index in [1.165, 1.54) is 12.1 Å². The molecular formula is C11H9F3NPS. The Bertz CT molecular complexity index is 477. The smallest absolute Gasteiger partial charge is 0.238 e. The quantitative estimate of drug-likeness (QED) is 0.457. The lowest BCUT2D eigenvalue weighted by molar-refractivity contribution is -0.136. The van der Waals surface area contributed by atoms with Gasteiger partial charge in [-0.25, -0.2) is 4.85 Å². The maximum atomic E-state index is 12.7. The van der Waals surface area contributed by atoms with Gasteiger partial charge in [0.1, 0.15) is 0 Å². The van der Waals surface area contributed by atoms with Crippen molar-refractivity contribution in [3.05, 3.63) is 40.7 Å². The molecule has 6 heteroatoms. The van der Waals surface area contributed by atoms with Crippen molar-refractivity contribution in [1.82, 2.24) is 0 Å². The number of hydrogen-bond acceptors (Lipinski definition) is 1. The molecule has 0 bridgehead atoms. The molecule has 1 unspecified atom stereocenters. The summed E-state index contributed by atoms with van der Waals surface area (Å²) < 4.78 is 38.0. The molecule has 0 aliphatic heterocycles. The largest absolute Gasteiger partial charge is 0.407 e. The lowest BCUT2D eigenvalue weighted by Gasteiger charge is -2.11. The highest BCUT2D eigenvalue weighted by Gasteiger charge is 2.33. The van der Waals surface area contributed by atoms with Crippen LogP contribution in [0.25, 0.3) is 4.85 Å². The molecule has 1 atom stereocenters. The van der Waals surface area contributed by atoms with Gasteiger partial charge in [-0.05, 0) is 11.7 Å². The van der Waals surface area contributed by atoms with Crippen LogP contribution < -0.4 is 0 Å². The van der Waals surface area contributed by atoms with Gasteiger partial charge in [0.2, 0.25) is 0 Å². The maximum absolute atomic E-state index is 12.7. The summed E-state index contributed by atoms with van der Waals surface area (Å²) in [4.78, 5) is 3.54. The van der Waals surface area contributed by atoms with Gasteiger partial charge in [-0.2, -0.15) is 13.2 Å². The summed E-state index contributed by atoms with van der Waals surface area (Å²) in [6.45, 7) is 6.71. The minimum Gasteiger partial charge on any atom is -0.238 e. The van der Waals surface area contributed by atoms with E-state index >= 15 is 0 Å². The first-order valence-corrected chi connectivity index (χ1v) is 5.90. The minimum absolute atomic E-state index is 0.320. The molecule has 0 aromatic heterocycles. The van der Waals surface area contributed by atoms with Crippen molar-refractivity contribution in [2.24, 2.45) is 0 Å². The highest BCUT2D eigenvalue weighted by Crippen LogP contribution is 2.37. The Morgan fingerprint density at radius 3 is 2.53 bits per heavy atom. The summed E-state index contributed by atoms with van der Waals surface area (Å²) in [5.41, 5.74) is -0.785. The van der Waals surface area contributed by atoms with E-state index in [0.717, 1.165) is 6.07 Å². The van der Waals surface area contributed by atoms with Crippen LogP contribution in [-0.4, -0.2) is 11.0 Å².